The van der Waals surface area contributed by atoms with Gasteiger partial charge in [-0.1, -0.05) is 37.3 Å². The molecule has 0 saturated carbocycles. The van der Waals surface area contributed by atoms with Crippen LogP contribution in [0.25, 0.3) is 0 Å². The molecule has 7 heteroatoms. The van der Waals surface area contributed by atoms with E-state index in [2.05, 4.69) is 10.3 Å². The molecule has 0 fully saturated rings. The minimum atomic E-state index is -2.94. The van der Waals surface area contributed by atoms with Crippen molar-refractivity contribution in [2.45, 2.75) is 13.5 Å². The topological polar surface area (TPSA) is 61.8 Å². The van der Waals surface area contributed by atoms with Crippen molar-refractivity contribution in [1.82, 2.24) is 10.2 Å². The average Bonchev–Trinajstić information content (AvgIpc) is 2.43. The van der Waals surface area contributed by atoms with E-state index >= 15 is 0 Å². The first-order valence-corrected chi connectivity index (χ1v) is 8.46. The molecule has 0 aromatic heterocycles. The van der Waals surface area contributed by atoms with Crippen LogP contribution in [0.2, 0.25) is 0 Å². The van der Waals surface area contributed by atoms with Crippen LogP contribution in [0, 0.1) is 0 Å². The molecule has 0 saturated heterocycles. The molecular weight excluding hydrogens is 401 g/mol. The fraction of sp³-hybridized carbons (Fsp3) is 0.500. The first-order chi connectivity index (χ1) is 9.44. The second-order valence-corrected chi connectivity index (χ2v) is 7.16. The third-order valence-corrected chi connectivity index (χ3v) is 4.52. The van der Waals surface area contributed by atoms with Gasteiger partial charge >= 0.3 is 0 Å². The quantitative estimate of drug-likeness (QED) is 0.429. The number of nitrogens with one attached hydrogen (secondary N) is 1. The zero-order valence-corrected chi connectivity index (χ0v) is 15.9. The summed E-state index contributed by atoms with van der Waals surface area (Å²) < 4.78 is 22.9. The Labute approximate surface area is 144 Å². The summed E-state index contributed by atoms with van der Waals surface area (Å²) in [6, 6.07) is 9.94. The summed E-state index contributed by atoms with van der Waals surface area (Å²) in [7, 11) is 0.816. The average molecular weight is 425 g/mol. The normalized spacial score (nSPS) is 11.7. The van der Waals surface area contributed by atoms with Crippen LogP contribution in [0.4, 0.5) is 0 Å². The van der Waals surface area contributed by atoms with Crippen LogP contribution in [0.1, 0.15) is 12.5 Å². The van der Waals surface area contributed by atoms with E-state index < -0.39 is 9.84 Å². The second kappa shape index (κ2) is 9.99. The Kier molecular flexibility index (Phi) is 9.60. The number of sulfone groups is 1. The predicted octanol–water partition coefficient (Wildman–Crippen LogP) is 1.75. The molecule has 1 aromatic rings. The molecule has 0 unspecified atom stereocenters. The molecule has 0 radical (unpaired) electrons. The van der Waals surface area contributed by atoms with E-state index in [1.165, 1.54) is 0 Å². The number of halogens is 1. The Bertz CT molecular complexity index is 530. The summed E-state index contributed by atoms with van der Waals surface area (Å²) in [5.41, 5.74) is 1.12. The zero-order chi connectivity index (χ0) is 15.0. The van der Waals surface area contributed by atoms with Gasteiger partial charge in [-0.2, -0.15) is 0 Å². The fourth-order valence-corrected chi connectivity index (χ4v) is 2.27. The summed E-state index contributed by atoms with van der Waals surface area (Å²) in [5.74, 6) is 0.995. The molecule has 21 heavy (non-hydrogen) atoms. The first kappa shape index (κ1) is 20.2. The van der Waals surface area contributed by atoms with Crippen LogP contribution in [-0.4, -0.2) is 51.4 Å². The summed E-state index contributed by atoms with van der Waals surface area (Å²) in [4.78, 5) is 6.32. The van der Waals surface area contributed by atoms with E-state index in [1.807, 2.05) is 49.3 Å². The fourth-order valence-electron chi connectivity index (χ4n) is 1.57. The van der Waals surface area contributed by atoms with Crippen molar-refractivity contribution in [3.05, 3.63) is 35.9 Å². The number of aliphatic imine (C=N–C) groups is 1. The summed E-state index contributed by atoms with van der Waals surface area (Å²) in [5, 5.41) is 3.08. The molecule has 1 aromatic carbocycles. The van der Waals surface area contributed by atoms with Crippen molar-refractivity contribution in [2.24, 2.45) is 4.99 Å². The second-order valence-electron chi connectivity index (χ2n) is 4.68. The molecule has 0 spiro atoms. The van der Waals surface area contributed by atoms with Gasteiger partial charge in [0.2, 0.25) is 0 Å². The molecular formula is C14H24IN3O2S. The minimum absolute atomic E-state index is 0. The molecule has 0 heterocycles. The Morgan fingerprint density at radius 2 is 1.86 bits per heavy atom. The molecule has 0 aliphatic carbocycles. The Hall–Kier alpha value is -0.830. The van der Waals surface area contributed by atoms with E-state index in [-0.39, 0.29) is 35.5 Å². The molecule has 0 aliphatic heterocycles. The van der Waals surface area contributed by atoms with Crippen LogP contribution < -0.4 is 5.32 Å². The molecule has 0 atom stereocenters. The van der Waals surface area contributed by atoms with Gasteiger partial charge < -0.3 is 10.2 Å². The van der Waals surface area contributed by atoms with E-state index in [9.17, 15) is 8.42 Å². The van der Waals surface area contributed by atoms with E-state index in [4.69, 9.17) is 0 Å². The summed E-state index contributed by atoms with van der Waals surface area (Å²) in [6.07, 6.45) is 0. The van der Waals surface area contributed by atoms with Crippen molar-refractivity contribution >= 4 is 39.8 Å². The number of rotatable bonds is 6. The number of benzene rings is 1. The highest BCUT2D eigenvalue weighted by Crippen LogP contribution is 2.00. The van der Waals surface area contributed by atoms with Gasteiger partial charge in [0.25, 0.3) is 0 Å². The number of nitrogens with zero attached hydrogens (tertiary/aromatic N) is 2. The Balaban J connectivity index is 0.00000400. The minimum Gasteiger partial charge on any atom is -0.355 e. The third-order valence-electron chi connectivity index (χ3n) is 2.81. The van der Waals surface area contributed by atoms with Crippen LogP contribution in [0.5, 0.6) is 0 Å². The van der Waals surface area contributed by atoms with Crippen LogP contribution in [-0.2, 0) is 16.4 Å². The van der Waals surface area contributed by atoms with Crippen molar-refractivity contribution < 1.29 is 8.42 Å². The molecule has 1 N–H and O–H groups in total. The van der Waals surface area contributed by atoms with Crippen molar-refractivity contribution in [1.29, 1.82) is 0 Å². The van der Waals surface area contributed by atoms with Gasteiger partial charge in [0.15, 0.2) is 15.8 Å². The van der Waals surface area contributed by atoms with Gasteiger partial charge in [-0.25, -0.2) is 13.4 Å². The smallest absolute Gasteiger partial charge is 0.193 e. The maximum atomic E-state index is 11.4. The molecule has 120 valence electrons. The standard InChI is InChI=1S/C14H23N3O2S.HI/c1-4-20(18,19)11-10-15-14(17(2)3)16-12-13-8-6-5-7-9-13;/h5-9H,4,10-12H2,1-3H3,(H,15,16);1H. The third kappa shape index (κ3) is 8.25. The molecule has 0 bridgehead atoms. The highest BCUT2D eigenvalue weighted by molar-refractivity contribution is 14.0. The Morgan fingerprint density at radius 3 is 2.38 bits per heavy atom. The van der Waals surface area contributed by atoms with E-state index in [0.29, 0.717) is 19.0 Å². The number of guanidine groups is 1. The molecule has 1 rings (SSSR count). The SMILES string of the molecule is CCS(=O)(=O)CCNC(=NCc1ccccc1)N(C)C.I. The van der Waals surface area contributed by atoms with Crippen LogP contribution in [0.15, 0.2) is 35.3 Å². The van der Waals surface area contributed by atoms with Gasteiger partial charge in [-0.15, -0.1) is 24.0 Å². The monoisotopic (exact) mass is 425 g/mol. The molecule has 5 nitrogen and oxygen atoms in total. The molecule has 0 amide bonds. The predicted molar refractivity (Wildman–Crippen MR) is 99.0 cm³/mol. The van der Waals surface area contributed by atoms with Gasteiger partial charge in [-0.05, 0) is 5.56 Å². The highest BCUT2D eigenvalue weighted by Gasteiger charge is 2.08. The van der Waals surface area contributed by atoms with Gasteiger partial charge in [0.05, 0.1) is 12.3 Å². The van der Waals surface area contributed by atoms with Gasteiger partial charge in [0.1, 0.15) is 0 Å². The maximum Gasteiger partial charge on any atom is 0.193 e. The van der Waals surface area contributed by atoms with Crippen molar-refractivity contribution in [2.75, 3.05) is 32.1 Å². The highest BCUT2D eigenvalue weighted by atomic mass is 127. The van der Waals surface area contributed by atoms with E-state index in [1.54, 1.807) is 6.92 Å². The van der Waals surface area contributed by atoms with Crippen LogP contribution in [0.3, 0.4) is 0 Å². The lowest BCUT2D eigenvalue weighted by atomic mass is 10.2. The summed E-state index contributed by atoms with van der Waals surface area (Å²) in [6.45, 7) is 2.61. The largest absolute Gasteiger partial charge is 0.355 e. The van der Waals surface area contributed by atoms with E-state index in [0.717, 1.165) is 5.56 Å². The maximum absolute atomic E-state index is 11.4. The summed E-state index contributed by atoms with van der Waals surface area (Å²) >= 11 is 0. The number of hydrogen-bond donors (Lipinski definition) is 1. The van der Waals surface area contributed by atoms with Crippen molar-refractivity contribution in [3.8, 4) is 0 Å². The number of hydrogen-bond acceptors (Lipinski definition) is 3. The van der Waals surface area contributed by atoms with Gasteiger partial charge in [0, 0.05) is 26.4 Å². The molecule has 0 aliphatic rings. The first-order valence-electron chi connectivity index (χ1n) is 6.64. The Morgan fingerprint density at radius 1 is 1.24 bits per heavy atom. The lowest BCUT2D eigenvalue weighted by Crippen LogP contribution is -2.39. The lowest BCUT2D eigenvalue weighted by Gasteiger charge is -2.17. The lowest BCUT2D eigenvalue weighted by molar-refractivity contribution is 0.577. The van der Waals surface area contributed by atoms with Crippen LogP contribution >= 0.6 is 24.0 Å². The van der Waals surface area contributed by atoms with Gasteiger partial charge in [-0.3, -0.25) is 0 Å². The van der Waals surface area contributed by atoms with Crippen molar-refractivity contribution in [3.63, 3.8) is 0 Å². The zero-order valence-electron chi connectivity index (χ0n) is 12.7.